The monoisotopic (exact) mass is 433 g/mol. The lowest BCUT2D eigenvalue weighted by atomic mass is 9.80. The van der Waals surface area contributed by atoms with Gasteiger partial charge in [-0.3, -0.25) is 0 Å². The third-order valence-corrected chi connectivity index (χ3v) is 7.94. The molecule has 2 saturated heterocycles. The van der Waals surface area contributed by atoms with E-state index in [0.717, 1.165) is 30.4 Å². The van der Waals surface area contributed by atoms with Gasteiger partial charge < -0.3 is 23.8 Å². The van der Waals surface area contributed by atoms with E-state index < -0.39 is 15.2 Å². The predicted molar refractivity (Wildman–Crippen MR) is 123 cm³/mol. The number of carbonyl (C=O) groups is 1. The average molecular weight is 433 g/mol. The molecule has 0 N–H and O–H groups in total. The van der Waals surface area contributed by atoms with Gasteiger partial charge in [-0.15, -0.1) is 0 Å². The van der Waals surface area contributed by atoms with Crippen molar-refractivity contribution in [1.82, 2.24) is 9.88 Å². The minimum atomic E-state index is -1.19. The highest BCUT2D eigenvalue weighted by atomic mass is 28.3. The molecule has 166 valence electrons. The highest BCUT2D eigenvalue weighted by Crippen LogP contribution is 2.36. The van der Waals surface area contributed by atoms with E-state index in [1.807, 2.05) is 46.0 Å². The van der Waals surface area contributed by atoms with Crippen LogP contribution in [0.2, 0.25) is 25.7 Å². The van der Waals surface area contributed by atoms with Gasteiger partial charge in [0.1, 0.15) is 5.82 Å². The van der Waals surface area contributed by atoms with Crippen LogP contribution in [0.4, 0.5) is 10.6 Å². The zero-order chi connectivity index (χ0) is 22.2. The Hall–Kier alpha value is -1.58. The van der Waals surface area contributed by atoms with Crippen LogP contribution in [0.3, 0.4) is 0 Å². The zero-order valence-electron chi connectivity index (χ0n) is 19.5. The van der Waals surface area contributed by atoms with Gasteiger partial charge in [-0.1, -0.05) is 25.7 Å². The lowest BCUT2D eigenvalue weighted by molar-refractivity contribution is 0.00578. The lowest BCUT2D eigenvalue weighted by Crippen LogP contribution is -2.49. The highest BCUT2D eigenvalue weighted by Gasteiger charge is 2.51. The number of hydrogen-bond donors (Lipinski definition) is 0. The molecule has 0 unspecified atom stereocenters. The molecule has 1 aromatic heterocycles. The topological polar surface area (TPSA) is 64.1 Å². The second-order valence-corrected chi connectivity index (χ2v) is 16.1. The summed E-state index contributed by atoms with van der Waals surface area (Å²) in [5.74, 6) is 0.905. The van der Waals surface area contributed by atoms with E-state index >= 15 is 0 Å². The molecule has 2 fully saturated rings. The number of anilines is 1. The number of amides is 1. The summed E-state index contributed by atoms with van der Waals surface area (Å²) >= 11 is 0. The summed E-state index contributed by atoms with van der Waals surface area (Å²) in [6, 6.07) is 5.02. The van der Waals surface area contributed by atoms with Gasteiger partial charge >= 0.3 is 13.2 Å². The van der Waals surface area contributed by atoms with Crippen LogP contribution in [0.15, 0.2) is 18.3 Å². The zero-order valence-corrected chi connectivity index (χ0v) is 20.5. The molecule has 0 bridgehead atoms. The van der Waals surface area contributed by atoms with Crippen LogP contribution in [0.1, 0.15) is 27.7 Å². The quantitative estimate of drug-likeness (QED) is 0.666. The molecule has 0 atom stereocenters. The fourth-order valence-corrected chi connectivity index (χ4v) is 4.07. The molecule has 2 aliphatic heterocycles. The lowest BCUT2D eigenvalue weighted by Gasteiger charge is -2.35. The fraction of sp³-hybridized carbons (Fsp3) is 0.714. The van der Waals surface area contributed by atoms with Crippen molar-refractivity contribution in [3.63, 3.8) is 0 Å². The second-order valence-electron chi connectivity index (χ2n) is 10.4. The molecule has 0 aliphatic carbocycles. The molecule has 0 aromatic carbocycles. The highest BCUT2D eigenvalue weighted by molar-refractivity contribution is 6.76. The third-order valence-electron chi connectivity index (χ3n) is 6.24. The van der Waals surface area contributed by atoms with Gasteiger partial charge in [-0.25, -0.2) is 9.78 Å². The summed E-state index contributed by atoms with van der Waals surface area (Å²) in [5, 5.41) is 0. The Morgan fingerprint density at radius 2 is 1.70 bits per heavy atom. The van der Waals surface area contributed by atoms with Crippen molar-refractivity contribution in [2.45, 2.75) is 64.6 Å². The number of aromatic nitrogens is 1. The smallest absolute Gasteiger partial charge is 0.450 e. The summed E-state index contributed by atoms with van der Waals surface area (Å²) in [6.07, 6.45) is 1.63. The summed E-state index contributed by atoms with van der Waals surface area (Å²) in [6.45, 7) is 18.3. The molecular weight excluding hydrogens is 397 g/mol. The van der Waals surface area contributed by atoms with Crippen LogP contribution in [0, 0.1) is 0 Å². The molecule has 9 heteroatoms. The largest absolute Gasteiger partial charge is 0.496 e. The van der Waals surface area contributed by atoms with Crippen molar-refractivity contribution in [1.29, 1.82) is 0 Å². The van der Waals surface area contributed by atoms with E-state index in [0.29, 0.717) is 19.7 Å². The fourth-order valence-electron chi connectivity index (χ4n) is 3.36. The summed E-state index contributed by atoms with van der Waals surface area (Å²) in [5.41, 5.74) is 0.189. The second kappa shape index (κ2) is 8.51. The maximum atomic E-state index is 12.3. The minimum Gasteiger partial charge on any atom is -0.450 e. The van der Waals surface area contributed by atoms with Crippen molar-refractivity contribution in [2.24, 2.45) is 0 Å². The molecular formula is C21H36BN3O4Si. The van der Waals surface area contributed by atoms with Crippen LogP contribution in [0.5, 0.6) is 0 Å². The summed E-state index contributed by atoms with van der Waals surface area (Å²) < 4.78 is 17.7. The van der Waals surface area contributed by atoms with Crippen LogP contribution in [0.25, 0.3) is 0 Å². The molecule has 0 saturated carbocycles. The van der Waals surface area contributed by atoms with Crippen LogP contribution < -0.4 is 10.4 Å². The van der Waals surface area contributed by atoms with Gasteiger partial charge in [-0.05, 0) is 39.8 Å². The van der Waals surface area contributed by atoms with Gasteiger partial charge in [0, 0.05) is 45.9 Å². The van der Waals surface area contributed by atoms with E-state index in [2.05, 4.69) is 29.5 Å². The molecule has 7 nitrogen and oxygen atoms in total. The van der Waals surface area contributed by atoms with E-state index in [4.69, 9.17) is 14.0 Å². The number of pyridine rings is 1. The molecule has 0 spiro atoms. The molecule has 1 aromatic rings. The third kappa shape index (κ3) is 5.36. The number of rotatable bonds is 5. The number of hydrogen-bond acceptors (Lipinski definition) is 6. The van der Waals surface area contributed by atoms with Gasteiger partial charge in [0.15, 0.2) is 0 Å². The van der Waals surface area contributed by atoms with Crippen LogP contribution in [-0.4, -0.2) is 75.2 Å². The Morgan fingerprint density at radius 3 is 2.20 bits per heavy atom. The first-order valence-electron chi connectivity index (χ1n) is 10.9. The molecule has 30 heavy (non-hydrogen) atoms. The van der Waals surface area contributed by atoms with Gasteiger partial charge in [-0.2, -0.15) is 0 Å². The Balaban J connectivity index is 1.50. The standard InChI is InChI=1S/C21H36BN3O4Si/c1-20(2)21(3,4)29-22(28-20)17-8-9-18(23-16-17)24-10-12-25(13-11-24)19(26)27-14-15-30(5,6)7/h8-9,16H,10-15H2,1-7H3. The number of ether oxygens (including phenoxy) is 1. The van der Waals surface area contributed by atoms with Crippen molar-refractivity contribution < 1.29 is 18.8 Å². The van der Waals surface area contributed by atoms with Crippen molar-refractivity contribution in [2.75, 3.05) is 37.7 Å². The maximum absolute atomic E-state index is 12.3. The van der Waals surface area contributed by atoms with E-state index in [9.17, 15) is 4.79 Å². The summed E-state index contributed by atoms with van der Waals surface area (Å²) in [7, 11) is -1.59. The van der Waals surface area contributed by atoms with Crippen LogP contribution >= 0.6 is 0 Å². The first-order valence-corrected chi connectivity index (χ1v) is 14.6. The summed E-state index contributed by atoms with van der Waals surface area (Å²) in [4.78, 5) is 20.9. The van der Waals surface area contributed by atoms with E-state index in [1.165, 1.54) is 0 Å². The van der Waals surface area contributed by atoms with Crippen molar-refractivity contribution in [3.05, 3.63) is 18.3 Å². The number of piperazine rings is 1. The normalized spacial score (nSPS) is 21.1. The van der Waals surface area contributed by atoms with Gasteiger partial charge in [0.2, 0.25) is 0 Å². The van der Waals surface area contributed by atoms with Crippen molar-refractivity contribution in [3.8, 4) is 0 Å². The Morgan fingerprint density at radius 1 is 1.10 bits per heavy atom. The van der Waals surface area contributed by atoms with E-state index in [1.54, 1.807) is 4.90 Å². The Kier molecular flexibility index (Phi) is 6.55. The average Bonchev–Trinajstić information content (AvgIpc) is 2.88. The van der Waals surface area contributed by atoms with Crippen LogP contribution in [-0.2, 0) is 14.0 Å². The Bertz CT molecular complexity index is 728. The maximum Gasteiger partial charge on any atom is 0.496 e. The van der Waals surface area contributed by atoms with Crippen molar-refractivity contribution >= 4 is 32.6 Å². The molecule has 1 amide bonds. The first kappa shape index (κ1) is 23.1. The number of carbonyl (C=O) groups excluding carboxylic acids is 1. The SMILES string of the molecule is CC1(C)OB(c2ccc(N3CCN(C(=O)OCC[Si](C)(C)C)CC3)nc2)OC1(C)C. The predicted octanol–water partition coefficient (Wildman–Crippen LogP) is 2.98. The van der Waals surface area contributed by atoms with Gasteiger partial charge in [0.05, 0.1) is 17.8 Å². The molecule has 3 rings (SSSR count). The minimum absolute atomic E-state index is 0.197. The van der Waals surface area contributed by atoms with Gasteiger partial charge in [0.25, 0.3) is 0 Å². The number of nitrogens with zero attached hydrogens (tertiary/aromatic N) is 3. The molecule has 0 radical (unpaired) electrons. The molecule has 2 aliphatic rings. The Labute approximate surface area is 182 Å². The molecule has 3 heterocycles. The first-order chi connectivity index (χ1) is 13.9. The van der Waals surface area contributed by atoms with E-state index in [-0.39, 0.29) is 17.3 Å².